The highest BCUT2D eigenvalue weighted by molar-refractivity contribution is 5.40. The quantitative estimate of drug-likeness (QED) is 0.800. The van der Waals surface area contributed by atoms with Gasteiger partial charge in [-0.2, -0.15) is 0 Å². The molecule has 0 aliphatic carbocycles. The fourth-order valence-corrected chi connectivity index (χ4v) is 2.36. The summed E-state index contributed by atoms with van der Waals surface area (Å²) < 4.78 is 16.7. The van der Waals surface area contributed by atoms with Crippen molar-refractivity contribution in [3.8, 4) is 11.5 Å². The van der Waals surface area contributed by atoms with E-state index in [1.54, 1.807) is 7.11 Å². The van der Waals surface area contributed by atoms with Crippen molar-refractivity contribution in [3.05, 3.63) is 23.8 Å². The van der Waals surface area contributed by atoms with Crippen molar-refractivity contribution in [1.29, 1.82) is 0 Å². The Morgan fingerprint density at radius 3 is 2.90 bits per heavy atom. The minimum Gasteiger partial charge on any atom is -0.497 e. The van der Waals surface area contributed by atoms with Gasteiger partial charge in [-0.3, -0.25) is 0 Å². The minimum atomic E-state index is 0.507. The number of hydrogen-bond donors (Lipinski definition) is 1. The molecule has 0 amide bonds. The smallest absolute Gasteiger partial charge is 0.127 e. The molecule has 1 aromatic rings. The number of methoxy groups -OCH3 is 1. The van der Waals surface area contributed by atoms with E-state index in [1.807, 2.05) is 12.1 Å². The first-order chi connectivity index (χ1) is 10.2. The van der Waals surface area contributed by atoms with Crippen molar-refractivity contribution in [3.63, 3.8) is 0 Å². The lowest BCUT2D eigenvalue weighted by Crippen LogP contribution is -2.20. The maximum atomic E-state index is 6.02. The average Bonchev–Trinajstić information content (AvgIpc) is 2.99. The van der Waals surface area contributed by atoms with E-state index in [9.17, 15) is 0 Å². The van der Waals surface area contributed by atoms with Crippen LogP contribution < -0.4 is 14.8 Å². The van der Waals surface area contributed by atoms with E-state index in [2.05, 4.69) is 25.2 Å². The number of rotatable bonds is 8. The van der Waals surface area contributed by atoms with Crippen LogP contribution >= 0.6 is 0 Å². The van der Waals surface area contributed by atoms with Gasteiger partial charge in [0, 0.05) is 30.7 Å². The lowest BCUT2D eigenvalue weighted by molar-refractivity contribution is 0.166. The fraction of sp³-hybridized carbons (Fsp3) is 0.647. The van der Waals surface area contributed by atoms with Crippen LogP contribution in [0.1, 0.15) is 25.8 Å². The molecule has 1 unspecified atom stereocenters. The Morgan fingerprint density at radius 2 is 2.24 bits per heavy atom. The molecule has 1 fully saturated rings. The highest BCUT2D eigenvalue weighted by Crippen LogP contribution is 2.26. The Balaban J connectivity index is 1.96. The van der Waals surface area contributed by atoms with Crippen molar-refractivity contribution < 1.29 is 14.2 Å². The molecular formula is C17H27NO3. The standard InChI is InChI=1S/C17H27NO3/c1-13(2)9-18-10-15-4-5-16(19-3)8-17(15)21-12-14-6-7-20-11-14/h4-5,8,13-14,18H,6-7,9-12H2,1-3H3. The van der Waals surface area contributed by atoms with Crippen LogP contribution in [0.15, 0.2) is 18.2 Å². The predicted octanol–water partition coefficient (Wildman–Crippen LogP) is 2.86. The van der Waals surface area contributed by atoms with Gasteiger partial charge in [-0.05, 0) is 24.9 Å². The zero-order valence-electron chi connectivity index (χ0n) is 13.4. The number of benzene rings is 1. The summed E-state index contributed by atoms with van der Waals surface area (Å²) in [5.41, 5.74) is 1.18. The van der Waals surface area contributed by atoms with E-state index in [1.165, 1.54) is 5.56 Å². The molecule has 21 heavy (non-hydrogen) atoms. The second-order valence-electron chi connectivity index (χ2n) is 6.04. The van der Waals surface area contributed by atoms with Gasteiger partial charge in [0.05, 0.1) is 20.3 Å². The molecule has 1 aliphatic rings. The lowest BCUT2D eigenvalue weighted by Gasteiger charge is -2.16. The SMILES string of the molecule is COc1ccc(CNCC(C)C)c(OCC2CCOC2)c1. The summed E-state index contributed by atoms with van der Waals surface area (Å²) in [5.74, 6) is 2.90. The molecule has 1 saturated heterocycles. The Bertz CT molecular complexity index is 428. The van der Waals surface area contributed by atoms with Crippen molar-refractivity contribution in [2.75, 3.05) is 33.5 Å². The van der Waals surface area contributed by atoms with Crippen LogP contribution in [0.25, 0.3) is 0 Å². The third-order valence-electron chi connectivity index (χ3n) is 3.64. The molecule has 1 heterocycles. The highest BCUT2D eigenvalue weighted by atomic mass is 16.5. The van der Waals surface area contributed by atoms with Crippen molar-refractivity contribution in [1.82, 2.24) is 5.32 Å². The number of ether oxygens (including phenoxy) is 3. The van der Waals surface area contributed by atoms with Crippen molar-refractivity contribution >= 4 is 0 Å². The topological polar surface area (TPSA) is 39.7 Å². The fourth-order valence-electron chi connectivity index (χ4n) is 2.36. The van der Waals surface area contributed by atoms with Crippen LogP contribution in [-0.4, -0.2) is 33.5 Å². The van der Waals surface area contributed by atoms with Gasteiger partial charge < -0.3 is 19.5 Å². The predicted molar refractivity (Wildman–Crippen MR) is 84.0 cm³/mol. The van der Waals surface area contributed by atoms with Crippen molar-refractivity contribution in [2.24, 2.45) is 11.8 Å². The molecule has 1 atom stereocenters. The Morgan fingerprint density at radius 1 is 1.38 bits per heavy atom. The molecule has 0 saturated carbocycles. The van der Waals surface area contributed by atoms with Gasteiger partial charge in [-0.15, -0.1) is 0 Å². The molecule has 0 spiro atoms. The average molecular weight is 293 g/mol. The first-order valence-electron chi connectivity index (χ1n) is 7.77. The normalized spacial score (nSPS) is 18.2. The summed E-state index contributed by atoms with van der Waals surface area (Å²) in [5, 5.41) is 3.46. The Labute approximate surface area is 127 Å². The van der Waals surface area contributed by atoms with E-state index in [0.717, 1.165) is 44.2 Å². The van der Waals surface area contributed by atoms with Gasteiger partial charge >= 0.3 is 0 Å². The van der Waals surface area contributed by atoms with Gasteiger partial charge in [0.25, 0.3) is 0 Å². The second-order valence-corrected chi connectivity index (χ2v) is 6.04. The highest BCUT2D eigenvalue weighted by Gasteiger charge is 2.17. The summed E-state index contributed by atoms with van der Waals surface area (Å²) in [7, 11) is 1.68. The maximum absolute atomic E-state index is 6.02. The molecule has 4 nitrogen and oxygen atoms in total. The van der Waals surface area contributed by atoms with E-state index < -0.39 is 0 Å². The molecule has 0 bridgehead atoms. The molecule has 0 radical (unpaired) electrons. The van der Waals surface area contributed by atoms with Crippen LogP contribution in [0, 0.1) is 11.8 Å². The molecule has 1 aliphatic heterocycles. The Kier molecular flexibility index (Phi) is 6.33. The molecule has 118 valence electrons. The molecule has 1 aromatic carbocycles. The van der Waals surface area contributed by atoms with Gasteiger partial charge in [0.15, 0.2) is 0 Å². The number of hydrogen-bond acceptors (Lipinski definition) is 4. The molecular weight excluding hydrogens is 266 g/mol. The van der Waals surface area contributed by atoms with E-state index >= 15 is 0 Å². The Hall–Kier alpha value is -1.26. The largest absolute Gasteiger partial charge is 0.497 e. The van der Waals surface area contributed by atoms with Gasteiger partial charge in [-0.1, -0.05) is 19.9 Å². The van der Waals surface area contributed by atoms with Crippen molar-refractivity contribution in [2.45, 2.75) is 26.8 Å². The van der Waals surface area contributed by atoms with E-state index in [0.29, 0.717) is 18.4 Å². The molecule has 1 N–H and O–H groups in total. The summed E-state index contributed by atoms with van der Waals surface area (Å²) in [6.45, 7) is 8.61. The van der Waals surface area contributed by atoms with Gasteiger partial charge in [0.2, 0.25) is 0 Å². The summed E-state index contributed by atoms with van der Waals surface area (Å²) in [6, 6.07) is 6.03. The number of nitrogens with one attached hydrogen (secondary N) is 1. The monoisotopic (exact) mass is 293 g/mol. The first-order valence-corrected chi connectivity index (χ1v) is 7.77. The minimum absolute atomic E-state index is 0.507. The van der Waals surface area contributed by atoms with E-state index in [-0.39, 0.29) is 0 Å². The second kappa shape index (κ2) is 8.25. The summed E-state index contributed by atoms with van der Waals surface area (Å²) in [6.07, 6.45) is 1.09. The zero-order valence-corrected chi connectivity index (χ0v) is 13.4. The van der Waals surface area contributed by atoms with Crippen LogP contribution in [0.5, 0.6) is 11.5 Å². The van der Waals surface area contributed by atoms with Crippen LogP contribution in [0.3, 0.4) is 0 Å². The van der Waals surface area contributed by atoms with Crippen LogP contribution in [-0.2, 0) is 11.3 Å². The lowest BCUT2D eigenvalue weighted by atomic mass is 10.1. The molecule has 4 heteroatoms. The van der Waals surface area contributed by atoms with Gasteiger partial charge in [0.1, 0.15) is 11.5 Å². The molecule has 2 rings (SSSR count). The first kappa shape index (κ1) is 16.1. The van der Waals surface area contributed by atoms with Crippen LogP contribution in [0.2, 0.25) is 0 Å². The summed E-state index contributed by atoms with van der Waals surface area (Å²) >= 11 is 0. The van der Waals surface area contributed by atoms with E-state index in [4.69, 9.17) is 14.2 Å². The van der Waals surface area contributed by atoms with Gasteiger partial charge in [-0.25, -0.2) is 0 Å². The maximum Gasteiger partial charge on any atom is 0.127 e. The zero-order chi connectivity index (χ0) is 15.1. The van der Waals surface area contributed by atoms with Crippen LogP contribution in [0.4, 0.5) is 0 Å². The third-order valence-corrected chi connectivity index (χ3v) is 3.64. The third kappa shape index (κ3) is 5.21. The summed E-state index contributed by atoms with van der Waals surface area (Å²) in [4.78, 5) is 0. The molecule has 0 aromatic heterocycles.